The molecule has 0 fully saturated rings. The molecule has 0 bridgehead atoms. The van der Waals surface area contributed by atoms with Crippen LogP contribution in [0.2, 0.25) is 0 Å². The SMILES string of the molecule is Cc1ccc(CS)c2c1OC(F)(F)O2. The van der Waals surface area contributed by atoms with E-state index < -0.39 is 6.29 Å². The van der Waals surface area contributed by atoms with Gasteiger partial charge in [-0.1, -0.05) is 12.1 Å². The zero-order valence-corrected chi connectivity index (χ0v) is 8.28. The Hall–Kier alpha value is -0.970. The van der Waals surface area contributed by atoms with Crippen molar-refractivity contribution in [2.75, 3.05) is 0 Å². The van der Waals surface area contributed by atoms with Gasteiger partial charge in [0, 0.05) is 11.3 Å². The Bertz CT molecular complexity index is 379. The molecule has 0 unspecified atom stereocenters. The average Bonchev–Trinajstić information content (AvgIpc) is 2.42. The molecular formula is C9H8F2O2S. The van der Waals surface area contributed by atoms with Gasteiger partial charge in [0.1, 0.15) is 0 Å². The maximum atomic E-state index is 12.8. The first kappa shape index (κ1) is 9.58. The van der Waals surface area contributed by atoms with Gasteiger partial charge in [-0.15, -0.1) is 8.78 Å². The number of hydrogen-bond acceptors (Lipinski definition) is 3. The van der Waals surface area contributed by atoms with E-state index in [2.05, 4.69) is 22.1 Å². The number of aryl methyl sites for hydroxylation is 1. The van der Waals surface area contributed by atoms with Crippen LogP contribution in [0.1, 0.15) is 11.1 Å². The number of hydrogen-bond donors (Lipinski definition) is 1. The Morgan fingerprint density at radius 3 is 2.57 bits per heavy atom. The molecule has 1 heterocycles. The predicted octanol–water partition coefficient (Wildman–Crippen LogP) is 2.75. The summed E-state index contributed by atoms with van der Waals surface area (Å²) in [6, 6.07) is 3.40. The third kappa shape index (κ3) is 1.41. The maximum Gasteiger partial charge on any atom is 0.586 e. The summed E-state index contributed by atoms with van der Waals surface area (Å²) in [6.45, 7) is 1.69. The lowest BCUT2D eigenvalue weighted by Crippen LogP contribution is -2.26. The number of benzene rings is 1. The standard InChI is InChI=1S/C9H8F2O2S/c1-5-2-3-6(4-14)8-7(5)12-9(10,11)13-8/h2-3,14H,4H2,1H3. The van der Waals surface area contributed by atoms with Gasteiger partial charge >= 0.3 is 6.29 Å². The van der Waals surface area contributed by atoms with Crippen molar-refractivity contribution in [2.45, 2.75) is 19.0 Å². The van der Waals surface area contributed by atoms with E-state index >= 15 is 0 Å². The van der Waals surface area contributed by atoms with E-state index in [1.165, 1.54) is 0 Å². The van der Waals surface area contributed by atoms with Crippen molar-refractivity contribution < 1.29 is 18.3 Å². The minimum Gasteiger partial charge on any atom is -0.395 e. The minimum atomic E-state index is -3.55. The zero-order chi connectivity index (χ0) is 10.3. The lowest BCUT2D eigenvalue weighted by Gasteiger charge is -2.05. The van der Waals surface area contributed by atoms with Crippen molar-refractivity contribution in [3.8, 4) is 11.5 Å². The molecule has 0 aliphatic carbocycles. The zero-order valence-electron chi connectivity index (χ0n) is 7.38. The number of rotatable bonds is 1. The molecule has 5 heteroatoms. The molecule has 0 saturated carbocycles. The van der Waals surface area contributed by atoms with E-state index in [1.54, 1.807) is 19.1 Å². The first-order chi connectivity index (χ1) is 6.53. The molecule has 0 radical (unpaired) electrons. The largest absolute Gasteiger partial charge is 0.586 e. The van der Waals surface area contributed by atoms with Crippen LogP contribution in [0.25, 0.3) is 0 Å². The Kier molecular flexibility index (Phi) is 2.06. The van der Waals surface area contributed by atoms with Crippen LogP contribution in [-0.2, 0) is 5.75 Å². The van der Waals surface area contributed by atoms with Crippen LogP contribution < -0.4 is 9.47 Å². The van der Waals surface area contributed by atoms with Crippen molar-refractivity contribution >= 4 is 12.6 Å². The van der Waals surface area contributed by atoms with Crippen molar-refractivity contribution in [2.24, 2.45) is 0 Å². The molecule has 0 saturated heterocycles. The van der Waals surface area contributed by atoms with Crippen LogP contribution in [0.15, 0.2) is 12.1 Å². The van der Waals surface area contributed by atoms with E-state index in [9.17, 15) is 8.78 Å². The Balaban J connectivity index is 2.53. The molecule has 0 amide bonds. The molecule has 2 rings (SSSR count). The third-order valence-corrected chi connectivity index (χ3v) is 2.34. The first-order valence-electron chi connectivity index (χ1n) is 4.02. The van der Waals surface area contributed by atoms with E-state index in [4.69, 9.17) is 0 Å². The molecule has 0 N–H and O–H groups in total. The number of thiol groups is 1. The minimum absolute atomic E-state index is 0.102. The van der Waals surface area contributed by atoms with Gasteiger partial charge in [0.15, 0.2) is 11.5 Å². The second kappa shape index (κ2) is 3.02. The average molecular weight is 218 g/mol. The second-order valence-electron chi connectivity index (χ2n) is 3.03. The van der Waals surface area contributed by atoms with Gasteiger partial charge in [0.2, 0.25) is 0 Å². The van der Waals surface area contributed by atoms with Crippen LogP contribution in [0, 0.1) is 6.92 Å². The topological polar surface area (TPSA) is 18.5 Å². The monoisotopic (exact) mass is 218 g/mol. The van der Waals surface area contributed by atoms with Gasteiger partial charge in [-0.3, -0.25) is 0 Å². The molecule has 1 aromatic rings. The molecule has 1 aliphatic rings. The summed E-state index contributed by atoms with van der Waals surface area (Å²) in [5.74, 6) is 0.550. The summed E-state index contributed by atoms with van der Waals surface area (Å²) in [5, 5.41) is 0. The smallest absolute Gasteiger partial charge is 0.395 e. The van der Waals surface area contributed by atoms with E-state index in [1.807, 2.05) is 0 Å². The summed E-state index contributed by atoms with van der Waals surface area (Å²) >= 11 is 4.02. The van der Waals surface area contributed by atoms with Crippen LogP contribution in [0.3, 0.4) is 0 Å². The number of halogens is 2. The number of fused-ring (bicyclic) bond motifs is 1. The molecule has 0 spiro atoms. The fourth-order valence-electron chi connectivity index (χ4n) is 1.32. The Morgan fingerprint density at radius 2 is 1.93 bits per heavy atom. The highest BCUT2D eigenvalue weighted by atomic mass is 32.1. The molecular weight excluding hydrogens is 210 g/mol. The molecule has 0 aromatic heterocycles. The molecule has 0 atom stereocenters. The number of alkyl halides is 2. The third-order valence-electron chi connectivity index (χ3n) is 2.00. The van der Waals surface area contributed by atoms with Gasteiger partial charge in [-0.25, -0.2) is 0 Å². The summed E-state index contributed by atoms with van der Waals surface area (Å²) in [6.07, 6.45) is -3.55. The lowest BCUT2D eigenvalue weighted by molar-refractivity contribution is -0.287. The van der Waals surface area contributed by atoms with Crippen LogP contribution in [0.4, 0.5) is 8.78 Å². The lowest BCUT2D eigenvalue weighted by atomic mass is 10.1. The Morgan fingerprint density at radius 1 is 1.29 bits per heavy atom. The van der Waals surface area contributed by atoms with Gasteiger partial charge in [-0.2, -0.15) is 12.6 Å². The molecule has 14 heavy (non-hydrogen) atoms. The molecule has 1 aromatic carbocycles. The van der Waals surface area contributed by atoms with Crippen LogP contribution in [0.5, 0.6) is 11.5 Å². The van der Waals surface area contributed by atoms with Crippen molar-refractivity contribution in [3.05, 3.63) is 23.3 Å². The summed E-state index contributed by atoms with van der Waals surface area (Å²) in [5.41, 5.74) is 1.23. The van der Waals surface area contributed by atoms with Crippen LogP contribution in [-0.4, -0.2) is 6.29 Å². The maximum absolute atomic E-state index is 12.8. The fraction of sp³-hybridized carbons (Fsp3) is 0.333. The van der Waals surface area contributed by atoms with Crippen LogP contribution >= 0.6 is 12.6 Å². The van der Waals surface area contributed by atoms with E-state index in [0.717, 1.165) is 0 Å². The van der Waals surface area contributed by atoms with Crippen molar-refractivity contribution in [1.82, 2.24) is 0 Å². The van der Waals surface area contributed by atoms with Crippen molar-refractivity contribution in [1.29, 1.82) is 0 Å². The molecule has 2 nitrogen and oxygen atoms in total. The summed E-state index contributed by atoms with van der Waals surface area (Å²) in [4.78, 5) is 0. The predicted molar refractivity (Wildman–Crippen MR) is 50.1 cm³/mol. The fourth-order valence-corrected chi connectivity index (χ4v) is 1.57. The van der Waals surface area contributed by atoms with Gasteiger partial charge in [0.25, 0.3) is 0 Å². The quantitative estimate of drug-likeness (QED) is 0.730. The highest BCUT2D eigenvalue weighted by Crippen LogP contribution is 2.45. The second-order valence-corrected chi connectivity index (χ2v) is 3.34. The molecule has 1 aliphatic heterocycles. The first-order valence-corrected chi connectivity index (χ1v) is 4.66. The van der Waals surface area contributed by atoms with Gasteiger partial charge in [0.05, 0.1) is 0 Å². The summed E-state index contributed by atoms with van der Waals surface area (Å²) < 4.78 is 34.3. The normalized spacial score (nSPS) is 17.1. The highest BCUT2D eigenvalue weighted by molar-refractivity contribution is 7.79. The van der Waals surface area contributed by atoms with E-state index in [-0.39, 0.29) is 11.5 Å². The summed E-state index contributed by atoms with van der Waals surface area (Å²) in [7, 11) is 0. The van der Waals surface area contributed by atoms with Gasteiger partial charge < -0.3 is 9.47 Å². The Labute approximate surface area is 85.2 Å². The molecule has 76 valence electrons. The number of ether oxygens (including phenoxy) is 2. The highest BCUT2D eigenvalue weighted by Gasteiger charge is 2.45. The van der Waals surface area contributed by atoms with Crippen molar-refractivity contribution in [3.63, 3.8) is 0 Å². The van der Waals surface area contributed by atoms with E-state index in [0.29, 0.717) is 16.9 Å². The van der Waals surface area contributed by atoms with Gasteiger partial charge in [-0.05, 0) is 12.5 Å².